The van der Waals surface area contributed by atoms with Crippen molar-refractivity contribution in [1.82, 2.24) is 25.2 Å². The van der Waals surface area contributed by atoms with Crippen molar-refractivity contribution in [2.75, 3.05) is 13.6 Å². The van der Waals surface area contributed by atoms with E-state index in [2.05, 4.69) is 20.8 Å². The average Bonchev–Trinajstić information content (AvgIpc) is 2.78. The molecule has 0 aliphatic rings. The van der Waals surface area contributed by atoms with Gasteiger partial charge in [-0.25, -0.2) is 0 Å². The standard InChI is InChI=1S/C11H15N5S/c1-12-11(17)13-7-4-6-10-15-14-9-5-2-3-8-16(9)10/h2-3,5,8H,4,6-7H2,1H3,(H2,12,13,17). The summed E-state index contributed by atoms with van der Waals surface area (Å²) in [4.78, 5) is 0. The van der Waals surface area contributed by atoms with Crippen molar-refractivity contribution in [1.29, 1.82) is 0 Å². The van der Waals surface area contributed by atoms with Crippen molar-refractivity contribution in [3.63, 3.8) is 0 Å². The molecule has 2 heterocycles. The van der Waals surface area contributed by atoms with Gasteiger partial charge < -0.3 is 10.6 Å². The summed E-state index contributed by atoms with van der Waals surface area (Å²) < 4.78 is 2.01. The number of hydrogen-bond donors (Lipinski definition) is 2. The van der Waals surface area contributed by atoms with Crippen LogP contribution in [0.4, 0.5) is 0 Å². The number of thiocarbonyl (C=S) groups is 1. The largest absolute Gasteiger partial charge is 0.366 e. The van der Waals surface area contributed by atoms with Gasteiger partial charge in [0.15, 0.2) is 10.8 Å². The normalized spacial score (nSPS) is 10.4. The summed E-state index contributed by atoms with van der Waals surface area (Å²) in [5, 5.41) is 14.9. The highest BCUT2D eigenvalue weighted by molar-refractivity contribution is 7.80. The molecule has 0 atom stereocenters. The fourth-order valence-corrected chi connectivity index (χ4v) is 1.70. The lowest BCUT2D eigenvalue weighted by atomic mass is 10.3. The maximum absolute atomic E-state index is 4.99. The van der Waals surface area contributed by atoms with Crippen LogP contribution in [-0.4, -0.2) is 33.3 Å². The number of nitrogens with zero attached hydrogens (tertiary/aromatic N) is 3. The summed E-state index contributed by atoms with van der Waals surface area (Å²) in [6.45, 7) is 0.835. The van der Waals surface area contributed by atoms with Gasteiger partial charge in [-0.15, -0.1) is 10.2 Å². The number of aryl methyl sites for hydroxylation is 1. The quantitative estimate of drug-likeness (QED) is 0.619. The predicted octanol–water partition coefficient (Wildman–Crippen LogP) is 0.756. The smallest absolute Gasteiger partial charge is 0.166 e. The van der Waals surface area contributed by atoms with Crippen molar-refractivity contribution < 1.29 is 0 Å². The van der Waals surface area contributed by atoms with Gasteiger partial charge >= 0.3 is 0 Å². The van der Waals surface area contributed by atoms with Crippen LogP contribution in [0.15, 0.2) is 24.4 Å². The van der Waals surface area contributed by atoms with Crippen LogP contribution < -0.4 is 10.6 Å². The van der Waals surface area contributed by atoms with Crippen molar-refractivity contribution in [3.05, 3.63) is 30.2 Å². The third kappa shape index (κ3) is 2.91. The maximum atomic E-state index is 4.99. The molecule has 0 fully saturated rings. The molecular formula is C11H15N5S. The molecule has 0 saturated heterocycles. The molecule has 0 bridgehead atoms. The van der Waals surface area contributed by atoms with E-state index in [0.29, 0.717) is 5.11 Å². The lowest BCUT2D eigenvalue weighted by Crippen LogP contribution is -2.33. The van der Waals surface area contributed by atoms with Gasteiger partial charge in [-0.3, -0.25) is 4.40 Å². The third-order valence-corrected chi connectivity index (χ3v) is 2.82. The summed E-state index contributed by atoms with van der Waals surface area (Å²) in [5.41, 5.74) is 0.890. The fourth-order valence-electron chi connectivity index (χ4n) is 1.60. The Kier molecular flexibility index (Phi) is 3.87. The van der Waals surface area contributed by atoms with Crippen LogP contribution in [0.2, 0.25) is 0 Å². The lowest BCUT2D eigenvalue weighted by Gasteiger charge is -2.05. The molecule has 2 rings (SSSR count). The first-order chi connectivity index (χ1) is 8.31. The Labute approximate surface area is 105 Å². The summed E-state index contributed by atoms with van der Waals surface area (Å²) in [7, 11) is 1.81. The van der Waals surface area contributed by atoms with Crippen LogP contribution in [0.3, 0.4) is 0 Å². The van der Waals surface area contributed by atoms with Gasteiger partial charge in [0, 0.05) is 26.2 Å². The van der Waals surface area contributed by atoms with Gasteiger partial charge in [-0.1, -0.05) is 6.07 Å². The van der Waals surface area contributed by atoms with Crippen LogP contribution in [-0.2, 0) is 6.42 Å². The highest BCUT2D eigenvalue weighted by atomic mass is 32.1. The first kappa shape index (κ1) is 11.8. The molecule has 0 spiro atoms. The van der Waals surface area contributed by atoms with Gasteiger partial charge in [0.05, 0.1) is 0 Å². The molecule has 2 N–H and O–H groups in total. The van der Waals surface area contributed by atoms with Crippen LogP contribution >= 0.6 is 12.2 Å². The number of nitrogens with one attached hydrogen (secondary N) is 2. The van der Waals surface area contributed by atoms with Crippen LogP contribution in [0, 0.1) is 0 Å². The van der Waals surface area contributed by atoms with Crippen molar-refractivity contribution in [2.45, 2.75) is 12.8 Å². The van der Waals surface area contributed by atoms with Crippen molar-refractivity contribution in [2.24, 2.45) is 0 Å². The number of aromatic nitrogens is 3. The molecule has 0 amide bonds. The minimum absolute atomic E-state index is 0.677. The summed E-state index contributed by atoms with van der Waals surface area (Å²) in [6, 6.07) is 5.89. The van der Waals surface area contributed by atoms with Gasteiger partial charge in [0.25, 0.3) is 0 Å². The molecule has 0 saturated carbocycles. The minimum Gasteiger partial charge on any atom is -0.366 e. The number of pyridine rings is 1. The fraction of sp³-hybridized carbons (Fsp3) is 0.364. The van der Waals surface area contributed by atoms with Gasteiger partial charge in [-0.2, -0.15) is 0 Å². The zero-order valence-electron chi connectivity index (χ0n) is 9.68. The van der Waals surface area contributed by atoms with Crippen LogP contribution in [0.5, 0.6) is 0 Å². The molecule has 0 aliphatic carbocycles. The highest BCUT2D eigenvalue weighted by Gasteiger charge is 2.03. The van der Waals surface area contributed by atoms with E-state index in [-0.39, 0.29) is 0 Å². The Balaban J connectivity index is 1.89. The van der Waals surface area contributed by atoms with E-state index in [1.54, 1.807) is 7.05 Å². The Morgan fingerprint density at radius 2 is 2.29 bits per heavy atom. The number of fused-ring (bicyclic) bond motifs is 1. The Hall–Kier alpha value is -1.69. The van der Waals surface area contributed by atoms with E-state index in [1.807, 2.05) is 28.8 Å². The maximum Gasteiger partial charge on any atom is 0.166 e. The van der Waals surface area contributed by atoms with Crippen molar-refractivity contribution in [3.8, 4) is 0 Å². The van der Waals surface area contributed by atoms with E-state index in [4.69, 9.17) is 12.2 Å². The predicted molar refractivity (Wildman–Crippen MR) is 71.0 cm³/mol. The monoisotopic (exact) mass is 249 g/mol. The summed E-state index contributed by atoms with van der Waals surface area (Å²) in [5.74, 6) is 0.984. The minimum atomic E-state index is 0.677. The van der Waals surface area contributed by atoms with Gasteiger partial charge in [-0.05, 0) is 30.8 Å². The molecular weight excluding hydrogens is 234 g/mol. The molecule has 5 nitrogen and oxygen atoms in total. The molecule has 0 aliphatic heterocycles. The second-order valence-corrected chi connectivity index (χ2v) is 4.06. The molecule has 2 aromatic heterocycles. The Bertz CT molecular complexity index is 507. The van der Waals surface area contributed by atoms with Gasteiger partial charge in [0.2, 0.25) is 0 Å². The van der Waals surface area contributed by atoms with E-state index in [0.717, 1.165) is 30.9 Å². The number of hydrogen-bond acceptors (Lipinski definition) is 3. The van der Waals surface area contributed by atoms with E-state index >= 15 is 0 Å². The average molecular weight is 249 g/mol. The second kappa shape index (κ2) is 5.58. The third-order valence-electron chi connectivity index (χ3n) is 2.47. The molecule has 0 unspecified atom stereocenters. The van der Waals surface area contributed by atoms with Crippen LogP contribution in [0.1, 0.15) is 12.2 Å². The first-order valence-electron chi connectivity index (χ1n) is 5.55. The van der Waals surface area contributed by atoms with Gasteiger partial charge in [0.1, 0.15) is 5.82 Å². The molecule has 0 radical (unpaired) electrons. The Morgan fingerprint density at radius 1 is 1.41 bits per heavy atom. The molecule has 6 heteroatoms. The topological polar surface area (TPSA) is 54.2 Å². The SMILES string of the molecule is CNC(=S)NCCCc1nnc2ccccn12. The van der Waals surface area contributed by atoms with Crippen LogP contribution in [0.25, 0.3) is 5.65 Å². The zero-order valence-corrected chi connectivity index (χ0v) is 10.5. The second-order valence-electron chi connectivity index (χ2n) is 3.65. The molecule has 17 heavy (non-hydrogen) atoms. The lowest BCUT2D eigenvalue weighted by molar-refractivity contribution is 0.729. The Morgan fingerprint density at radius 3 is 3.12 bits per heavy atom. The first-order valence-corrected chi connectivity index (χ1v) is 5.96. The molecule has 2 aromatic rings. The summed E-state index contributed by atoms with van der Waals surface area (Å²) >= 11 is 4.99. The highest BCUT2D eigenvalue weighted by Crippen LogP contribution is 2.04. The molecule has 0 aromatic carbocycles. The van der Waals surface area contributed by atoms with E-state index < -0.39 is 0 Å². The summed E-state index contributed by atoms with van der Waals surface area (Å²) in [6.07, 6.45) is 3.83. The van der Waals surface area contributed by atoms with E-state index in [9.17, 15) is 0 Å². The zero-order chi connectivity index (χ0) is 12.1. The number of rotatable bonds is 4. The molecule has 90 valence electrons. The van der Waals surface area contributed by atoms with Crippen molar-refractivity contribution >= 4 is 23.0 Å². The van der Waals surface area contributed by atoms with E-state index in [1.165, 1.54) is 0 Å².